The highest BCUT2D eigenvalue weighted by atomic mass is 16.5. The van der Waals surface area contributed by atoms with Gasteiger partial charge in [-0.3, -0.25) is 0 Å². The number of hydrogen-bond acceptors (Lipinski definition) is 4. The fraction of sp³-hybridized carbons (Fsp3) is 0.833. The van der Waals surface area contributed by atoms with Crippen molar-refractivity contribution in [3.8, 4) is 0 Å². The zero-order valence-electron chi connectivity index (χ0n) is 10.7. The summed E-state index contributed by atoms with van der Waals surface area (Å²) in [5.41, 5.74) is 0. The number of nitrogens with zero attached hydrogens (tertiary/aromatic N) is 3. The van der Waals surface area contributed by atoms with Crippen LogP contribution < -0.4 is 5.32 Å². The Morgan fingerprint density at radius 3 is 3.18 bits per heavy atom. The minimum atomic E-state index is 0.368. The van der Waals surface area contributed by atoms with E-state index in [2.05, 4.69) is 29.2 Å². The Balaban J connectivity index is 1.68. The molecule has 2 rings (SSSR count). The lowest BCUT2D eigenvalue weighted by Crippen LogP contribution is -2.22. The van der Waals surface area contributed by atoms with Crippen molar-refractivity contribution in [3.05, 3.63) is 12.2 Å². The van der Waals surface area contributed by atoms with Gasteiger partial charge < -0.3 is 10.1 Å². The molecule has 1 aliphatic rings. The maximum Gasteiger partial charge on any atom is 0.141 e. The molecule has 1 N–H and O–H groups in total. The molecule has 1 saturated heterocycles. The van der Waals surface area contributed by atoms with Crippen molar-refractivity contribution in [1.29, 1.82) is 0 Å². The summed E-state index contributed by atoms with van der Waals surface area (Å²) in [6, 6.07) is 0.368. The lowest BCUT2D eigenvalue weighted by molar-refractivity contribution is 0.104. The maximum absolute atomic E-state index is 5.58. The predicted octanol–water partition coefficient (Wildman–Crippen LogP) is 1.52. The molecule has 1 atom stereocenters. The Labute approximate surface area is 103 Å². The third-order valence-corrected chi connectivity index (χ3v) is 3.09. The van der Waals surface area contributed by atoms with Gasteiger partial charge in [-0.05, 0) is 39.7 Å². The fourth-order valence-corrected chi connectivity index (χ4v) is 2.17. The largest absolute Gasteiger partial charge is 0.378 e. The molecular formula is C12H22N4O. The van der Waals surface area contributed by atoms with Gasteiger partial charge in [0.25, 0.3) is 0 Å². The van der Waals surface area contributed by atoms with Gasteiger partial charge in [0.2, 0.25) is 0 Å². The molecular weight excluding hydrogens is 216 g/mol. The molecule has 5 nitrogen and oxygen atoms in total. The fourth-order valence-electron chi connectivity index (χ4n) is 2.17. The predicted molar refractivity (Wildman–Crippen MR) is 65.7 cm³/mol. The molecule has 2 heterocycles. The minimum absolute atomic E-state index is 0.368. The second-order valence-corrected chi connectivity index (χ2v) is 4.82. The summed E-state index contributed by atoms with van der Waals surface area (Å²) < 4.78 is 7.54. The van der Waals surface area contributed by atoms with Crippen LogP contribution in [0, 0.1) is 0 Å². The summed E-state index contributed by atoms with van der Waals surface area (Å²) in [4.78, 5) is 4.26. The van der Waals surface area contributed by atoms with Gasteiger partial charge in [-0.2, -0.15) is 5.10 Å². The highest BCUT2D eigenvalue weighted by Crippen LogP contribution is 2.14. The Kier molecular flexibility index (Phi) is 4.50. The van der Waals surface area contributed by atoms with Crippen molar-refractivity contribution in [2.45, 2.75) is 51.8 Å². The van der Waals surface area contributed by atoms with Gasteiger partial charge in [0, 0.05) is 12.6 Å². The minimum Gasteiger partial charge on any atom is -0.378 e. The van der Waals surface area contributed by atoms with Crippen LogP contribution in [-0.2, 0) is 11.3 Å². The molecule has 0 amide bonds. The van der Waals surface area contributed by atoms with E-state index in [4.69, 9.17) is 4.74 Å². The van der Waals surface area contributed by atoms with Crippen LogP contribution in [0.2, 0.25) is 0 Å². The van der Waals surface area contributed by atoms with Crippen LogP contribution in [0.4, 0.5) is 0 Å². The number of aromatic nitrogens is 3. The second-order valence-electron chi connectivity index (χ2n) is 4.82. The highest BCUT2D eigenvalue weighted by molar-refractivity contribution is 4.85. The van der Waals surface area contributed by atoms with E-state index in [0.29, 0.717) is 12.1 Å². The maximum atomic E-state index is 5.58. The normalized spacial score (nSPS) is 20.3. The van der Waals surface area contributed by atoms with E-state index in [1.807, 2.05) is 4.68 Å². The summed E-state index contributed by atoms with van der Waals surface area (Å²) >= 11 is 0. The van der Waals surface area contributed by atoms with Gasteiger partial charge in [0.05, 0.1) is 12.6 Å². The molecule has 0 saturated carbocycles. The second kappa shape index (κ2) is 6.12. The first-order valence-corrected chi connectivity index (χ1v) is 6.48. The van der Waals surface area contributed by atoms with Gasteiger partial charge in [0.1, 0.15) is 12.2 Å². The average Bonchev–Trinajstić information content (AvgIpc) is 2.95. The Morgan fingerprint density at radius 2 is 2.47 bits per heavy atom. The molecule has 1 aromatic rings. The Bertz CT molecular complexity index is 331. The molecule has 1 fully saturated rings. The first-order chi connectivity index (χ1) is 8.27. The van der Waals surface area contributed by atoms with E-state index in [1.165, 1.54) is 12.8 Å². The summed E-state index contributed by atoms with van der Waals surface area (Å²) in [5.74, 6) is 1.01. The highest BCUT2D eigenvalue weighted by Gasteiger charge is 2.14. The van der Waals surface area contributed by atoms with Crippen molar-refractivity contribution in [1.82, 2.24) is 20.1 Å². The third kappa shape index (κ3) is 3.51. The Hall–Kier alpha value is -0.940. The molecule has 5 heteroatoms. The molecule has 0 bridgehead atoms. The van der Waals surface area contributed by atoms with Crippen LogP contribution in [0.3, 0.4) is 0 Å². The van der Waals surface area contributed by atoms with Gasteiger partial charge in [-0.25, -0.2) is 9.67 Å². The Morgan fingerprint density at radius 1 is 1.59 bits per heavy atom. The zero-order chi connectivity index (χ0) is 12.1. The molecule has 1 aliphatic heterocycles. The van der Waals surface area contributed by atoms with Crippen molar-refractivity contribution < 1.29 is 4.74 Å². The van der Waals surface area contributed by atoms with Crippen LogP contribution in [0.1, 0.15) is 45.0 Å². The smallest absolute Gasteiger partial charge is 0.141 e. The third-order valence-electron chi connectivity index (χ3n) is 3.09. The van der Waals surface area contributed by atoms with Crippen LogP contribution in [0.5, 0.6) is 0 Å². The summed E-state index contributed by atoms with van der Waals surface area (Å²) in [7, 11) is 0. The number of hydrogen-bond donors (Lipinski definition) is 1. The standard InChI is InChI=1S/C12H22N4O/c1-10(2)16-12(14-9-15-16)8-13-6-5-11-4-3-7-17-11/h9-11,13H,3-8H2,1-2H3. The van der Waals surface area contributed by atoms with Crippen molar-refractivity contribution >= 4 is 0 Å². The van der Waals surface area contributed by atoms with E-state index in [1.54, 1.807) is 6.33 Å². The van der Waals surface area contributed by atoms with Gasteiger partial charge >= 0.3 is 0 Å². The topological polar surface area (TPSA) is 52.0 Å². The molecule has 0 radical (unpaired) electrons. The monoisotopic (exact) mass is 238 g/mol. The van der Waals surface area contributed by atoms with Gasteiger partial charge in [-0.1, -0.05) is 0 Å². The van der Waals surface area contributed by atoms with E-state index < -0.39 is 0 Å². The first kappa shape index (κ1) is 12.5. The van der Waals surface area contributed by atoms with Gasteiger partial charge in [-0.15, -0.1) is 0 Å². The average molecular weight is 238 g/mol. The lowest BCUT2D eigenvalue weighted by Gasteiger charge is -2.11. The number of nitrogens with one attached hydrogen (secondary N) is 1. The van der Waals surface area contributed by atoms with Crippen LogP contribution >= 0.6 is 0 Å². The zero-order valence-corrected chi connectivity index (χ0v) is 10.7. The first-order valence-electron chi connectivity index (χ1n) is 6.48. The summed E-state index contributed by atoms with van der Waals surface area (Å²) in [5, 5.41) is 7.62. The van der Waals surface area contributed by atoms with Gasteiger partial charge in [0.15, 0.2) is 0 Å². The van der Waals surface area contributed by atoms with Crippen LogP contribution in [0.25, 0.3) is 0 Å². The lowest BCUT2D eigenvalue weighted by atomic mass is 10.2. The molecule has 1 aromatic heterocycles. The quantitative estimate of drug-likeness (QED) is 0.763. The van der Waals surface area contributed by atoms with E-state index in [0.717, 1.165) is 31.9 Å². The van der Waals surface area contributed by atoms with Crippen molar-refractivity contribution in [3.63, 3.8) is 0 Å². The SMILES string of the molecule is CC(C)n1ncnc1CNCCC1CCCO1. The summed E-state index contributed by atoms with van der Waals surface area (Å²) in [6.45, 7) is 6.93. The molecule has 96 valence electrons. The van der Waals surface area contributed by atoms with E-state index in [-0.39, 0.29) is 0 Å². The van der Waals surface area contributed by atoms with E-state index >= 15 is 0 Å². The summed E-state index contributed by atoms with van der Waals surface area (Å²) in [6.07, 6.45) is 5.61. The van der Waals surface area contributed by atoms with Crippen LogP contribution in [-0.4, -0.2) is 34.0 Å². The molecule has 0 aromatic carbocycles. The molecule has 17 heavy (non-hydrogen) atoms. The van der Waals surface area contributed by atoms with Crippen molar-refractivity contribution in [2.24, 2.45) is 0 Å². The molecule has 1 unspecified atom stereocenters. The number of rotatable bonds is 6. The van der Waals surface area contributed by atoms with Crippen molar-refractivity contribution in [2.75, 3.05) is 13.2 Å². The molecule has 0 spiro atoms. The molecule has 0 aliphatic carbocycles. The number of ether oxygens (including phenoxy) is 1. The van der Waals surface area contributed by atoms with Crippen LogP contribution in [0.15, 0.2) is 6.33 Å². The van der Waals surface area contributed by atoms with E-state index in [9.17, 15) is 0 Å².